The van der Waals surface area contributed by atoms with Crippen LogP contribution in [0.25, 0.3) is 0 Å². The molecule has 0 aromatic heterocycles. The van der Waals surface area contributed by atoms with E-state index >= 15 is 0 Å². The van der Waals surface area contributed by atoms with Crippen molar-refractivity contribution in [3.05, 3.63) is 27.2 Å². The van der Waals surface area contributed by atoms with Gasteiger partial charge < -0.3 is 15.3 Å². The third-order valence-corrected chi connectivity index (χ3v) is 4.42. The van der Waals surface area contributed by atoms with Gasteiger partial charge in [-0.25, -0.2) is 4.79 Å². The number of hydrogen-bond donors (Lipinski definition) is 2. The van der Waals surface area contributed by atoms with Crippen molar-refractivity contribution >= 4 is 52.5 Å². The molecular formula is C13H13Cl3N2O3. The van der Waals surface area contributed by atoms with Crippen LogP contribution in [0.3, 0.4) is 0 Å². The van der Waals surface area contributed by atoms with Crippen LogP contribution in [0.5, 0.6) is 0 Å². The lowest BCUT2D eigenvalue weighted by atomic mass is 9.97. The highest BCUT2D eigenvalue weighted by atomic mass is 35.5. The zero-order valence-corrected chi connectivity index (χ0v) is 13.2. The number of piperidine rings is 1. The maximum absolute atomic E-state index is 12.1. The molecule has 8 heteroatoms. The topological polar surface area (TPSA) is 69.6 Å². The molecule has 2 amide bonds. The number of aliphatic carboxylic acids is 1. The molecule has 0 spiro atoms. The highest BCUT2D eigenvalue weighted by Crippen LogP contribution is 2.32. The van der Waals surface area contributed by atoms with Gasteiger partial charge in [0.25, 0.3) is 0 Å². The molecule has 0 saturated carbocycles. The predicted octanol–water partition coefficient (Wildman–Crippen LogP) is 3.98. The average Bonchev–Trinajstić information content (AvgIpc) is 2.44. The van der Waals surface area contributed by atoms with Crippen LogP contribution in [0.1, 0.15) is 12.8 Å². The number of carboxylic acids is 1. The summed E-state index contributed by atoms with van der Waals surface area (Å²) >= 11 is 17.7. The number of halogens is 3. The number of rotatable bonds is 2. The van der Waals surface area contributed by atoms with Gasteiger partial charge in [-0.2, -0.15) is 0 Å². The van der Waals surface area contributed by atoms with Crippen molar-refractivity contribution < 1.29 is 14.7 Å². The summed E-state index contributed by atoms with van der Waals surface area (Å²) in [5.74, 6) is -1.20. The third kappa shape index (κ3) is 3.93. The summed E-state index contributed by atoms with van der Waals surface area (Å²) in [5.41, 5.74) is 0.372. The van der Waals surface area contributed by atoms with Gasteiger partial charge in [-0.1, -0.05) is 34.8 Å². The normalized spacial score (nSPS) is 15.9. The van der Waals surface area contributed by atoms with Crippen LogP contribution in [0.4, 0.5) is 10.5 Å². The molecule has 0 radical (unpaired) electrons. The first-order valence-electron chi connectivity index (χ1n) is 6.31. The van der Waals surface area contributed by atoms with Gasteiger partial charge in [0.15, 0.2) is 0 Å². The Kier molecular flexibility index (Phi) is 5.19. The van der Waals surface area contributed by atoms with E-state index in [0.29, 0.717) is 41.7 Å². The maximum atomic E-state index is 12.1. The number of amides is 2. The number of nitrogens with one attached hydrogen (secondary N) is 1. The number of benzene rings is 1. The molecule has 1 heterocycles. The second kappa shape index (κ2) is 6.73. The Labute approximate surface area is 136 Å². The van der Waals surface area contributed by atoms with Gasteiger partial charge in [-0.15, -0.1) is 0 Å². The first-order chi connectivity index (χ1) is 9.88. The number of nitrogens with zero attached hydrogens (tertiary/aromatic N) is 1. The number of carbonyl (C=O) groups excluding carboxylic acids is 1. The second-order valence-electron chi connectivity index (χ2n) is 4.78. The van der Waals surface area contributed by atoms with Crippen LogP contribution in [-0.2, 0) is 4.79 Å². The van der Waals surface area contributed by atoms with E-state index in [2.05, 4.69) is 5.32 Å². The standard InChI is InChI=1S/C13H13Cl3N2O3/c14-8-5-10(16)11(6-9(8)15)17-13(21)18-3-1-7(2-4-18)12(19)20/h5-7H,1-4H2,(H,17,21)(H,19,20). The molecule has 0 bridgehead atoms. The van der Waals surface area contributed by atoms with Gasteiger partial charge in [0, 0.05) is 13.1 Å². The van der Waals surface area contributed by atoms with Gasteiger partial charge >= 0.3 is 12.0 Å². The van der Waals surface area contributed by atoms with Crippen molar-refractivity contribution in [1.29, 1.82) is 0 Å². The molecule has 1 fully saturated rings. The van der Waals surface area contributed by atoms with E-state index in [9.17, 15) is 9.59 Å². The Bertz CT molecular complexity index is 572. The molecule has 2 rings (SSSR count). The van der Waals surface area contributed by atoms with Crippen LogP contribution >= 0.6 is 34.8 Å². The molecule has 114 valence electrons. The summed E-state index contributed by atoms with van der Waals surface area (Å²) in [6.45, 7) is 0.781. The lowest BCUT2D eigenvalue weighted by Crippen LogP contribution is -2.42. The average molecular weight is 352 g/mol. The van der Waals surface area contributed by atoms with E-state index in [1.807, 2.05) is 0 Å². The van der Waals surface area contributed by atoms with E-state index in [4.69, 9.17) is 39.9 Å². The molecule has 0 unspecified atom stereocenters. The molecule has 5 nitrogen and oxygen atoms in total. The fourth-order valence-corrected chi connectivity index (χ4v) is 2.74. The van der Waals surface area contributed by atoms with E-state index < -0.39 is 5.97 Å². The highest BCUT2D eigenvalue weighted by molar-refractivity contribution is 6.44. The van der Waals surface area contributed by atoms with Crippen LogP contribution in [0.2, 0.25) is 15.1 Å². The van der Waals surface area contributed by atoms with Gasteiger partial charge in [0.2, 0.25) is 0 Å². The number of urea groups is 1. The van der Waals surface area contributed by atoms with Crippen molar-refractivity contribution in [2.75, 3.05) is 18.4 Å². The first kappa shape index (κ1) is 16.2. The summed E-state index contributed by atoms with van der Waals surface area (Å²) in [6.07, 6.45) is 0.885. The summed E-state index contributed by atoms with van der Waals surface area (Å²) in [7, 11) is 0. The fraction of sp³-hybridized carbons (Fsp3) is 0.385. The van der Waals surface area contributed by atoms with Gasteiger partial charge in [-0.05, 0) is 25.0 Å². The maximum Gasteiger partial charge on any atom is 0.321 e. The molecule has 1 saturated heterocycles. The van der Waals surface area contributed by atoms with E-state index in [1.54, 1.807) is 4.90 Å². The van der Waals surface area contributed by atoms with Crippen molar-refractivity contribution in [3.63, 3.8) is 0 Å². The number of likely N-dealkylation sites (tertiary alicyclic amines) is 1. The second-order valence-corrected chi connectivity index (χ2v) is 6.00. The van der Waals surface area contributed by atoms with Gasteiger partial charge in [0.05, 0.1) is 26.7 Å². The zero-order chi connectivity index (χ0) is 15.6. The Morgan fingerprint density at radius 1 is 1.10 bits per heavy atom. The highest BCUT2D eigenvalue weighted by Gasteiger charge is 2.27. The van der Waals surface area contributed by atoms with Crippen molar-refractivity contribution in [2.24, 2.45) is 5.92 Å². The van der Waals surface area contributed by atoms with Crippen LogP contribution < -0.4 is 5.32 Å². The first-order valence-corrected chi connectivity index (χ1v) is 7.45. The smallest absolute Gasteiger partial charge is 0.321 e. The minimum atomic E-state index is -0.817. The fourth-order valence-electron chi connectivity index (χ4n) is 2.14. The zero-order valence-electron chi connectivity index (χ0n) is 10.9. The largest absolute Gasteiger partial charge is 0.481 e. The molecule has 2 N–H and O–H groups in total. The Morgan fingerprint density at radius 2 is 1.67 bits per heavy atom. The quantitative estimate of drug-likeness (QED) is 0.792. The minimum Gasteiger partial charge on any atom is -0.481 e. The summed E-state index contributed by atoms with van der Waals surface area (Å²) in [5, 5.41) is 12.5. The lowest BCUT2D eigenvalue weighted by Gasteiger charge is -2.30. The van der Waals surface area contributed by atoms with Gasteiger partial charge in [0.1, 0.15) is 0 Å². The Balaban J connectivity index is 2.00. The third-order valence-electron chi connectivity index (χ3n) is 3.38. The van der Waals surface area contributed by atoms with Crippen LogP contribution in [-0.4, -0.2) is 35.1 Å². The molecular weight excluding hydrogens is 339 g/mol. The SMILES string of the molecule is O=C(O)C1CCN(C(=O)Nc2cc(Cl)c(Cl)cc2Cl)CC1. The molecule has 1 aromatic rings. The molecule has 0 aliphatic carbocycles. The molecule has 1 aromatic carbocycles. The van der Waals surface area contributed by atoms with Gasteiger partial charge in [-0.3, -0.25) is 4.79 Å². The Morgan fingerprint density at radius 3 is 2.24 bits per heavy atom. The lowest BCUT2D eigenvalue weighted by molar-refractivity contribution is -0.143. The molecule has 1 aliphatic rings. The predicted molar refractivity (Wildman–Crippen MR) is 82.4 cm³/mol. The van der Waals surface area contributed by atoms with E-state index in [0.717, 1.165) is 0 Å². The summed E-state index contributed by atoms with van der Waals surface area (Å²) in [4.78, 5) is 24.6. The molecule has 21 heavy (non-hydrogen) atoms. The summed E-state index contributed by atoms with van der Waals surface area (Å²) < 4.78 is 0. The number of carboxylic acid groups (broad SMARTS) is 1. The van der Waals surface area contributed by atoms with E-state index in [-0.39, 0.29) is 17.0 Å². The van der Waals surface area contributed by atoms with Crippen molar-refractivity contribution in [3.8, 4) is 0 Å². The molecule has 1 aliphatic heterocycles. The summed E-state index contributed by atoms with van der Waals surface area (Å²) in [6, 6.07) is 2.60. The minimum absolute atomic E-state index is 0.290. The number of anilines is 1. The van der Waals surface area contributed by atoms with Crippen molar-refractivity contribution in [2.45, 2.75) is 12.8 Å². The monoisotopic (exact) mass is 350 g/mol. The Hall–Kier alpha value is -1.17. The van der Waals surface area contributed by atoms with Crippen molar-refractivity contribution in [1.82, 2.24) is 4.90 Å². The van der Waals surface area contributed by atoms with Crippen LogP contribution in [0, 0.1) is 5.92 Å². The molecule has 0 atom stereocenters. The number of carbonyl (C=O) groups is 2. The van der Waals surface area contributed by atoms with Crippen LogP contribution in [0.15, 0.2) is 12.1 Å². The number of hydrogen-bond acceptors (Lipinski definition) is 2. The van der Waals surface area contributed by atoms with E-state index in [1.165, 1.54) is 12.1 Å².